The van der Waals surface area contributed by atoms with E-state index in [-0.39, 0.29) is 35.0 Å². The highest BCUT2D eigenvalue weighted by Crippen LogP contribution is 2.28. The van der Waals surface area contributed by atoms with E-state index in [4.69, 9.17) is 0 Å². The summed E-state index contributed by atoms with van der Waals surface area (Å²) in [6, 6.07) is 8.45. The second-order valence-electron chi connectivity index (χ2n) is 6.67. The van der Waals surface area contributed by atoms with E-state index >= 15 is 0 Å². The van der Waals surface area contributed by atoms with Gasteiger partial charge >= 0.3 is 0 Å². The van der Waals surface area contributed by atoms with Gasteiger partial charge in [-0.3, -0.25) is 9.59 Å². The molecule has 2 aromatic carbocycles. The first-order chi connectivity index (χ1) is 14.4. The molecule has 170 valence electrons. The van der Waals surface area contributed by atoms with Gasteiger partial charge in [0, 0.05) is 13.1 Å². The van der Waals surface area contributed by atoms with Crippen LogP contribution in [0.2, 0.25) is 0 Å². The molecule has 0 aromatic heterocycles. The van der Waals surface area contributed by atoms with Crippen LogP contribution < -0.4 is 16.0 Å². The Bertz CT molecular complexity index is 807. The number of unbranched alkanes of at least 4 members (excludes halogenated alkanes) is 1. The number of phenols is 4. The van der Waals surface area contributed by atoms with Gasteiger partial charge in [-0.15, -0.1) is 12.4 Å². The lowest BCUT2D eigenvalue weighted by molar-refractivity contribution is 0.0941. The van der Waals surface area contributed by atoms with Crippen molar-refractivity contribution in [1.82, 2.24) is 16.0 Å². The van der Waals surface area contributed by atoms with Gasteiger partial charge in [-0.2, -0.15) is 0 Å². The molecule has 0 aliphatic rings. The maximum absolute atomic E-state index is 12.0. The third-order valence-corrected chi connectivity index (χ3v) is 4.40. The summed E-state index contributed by atoms with van der Waals surface area (Å²) in [5, 5.41) is 46.7. The summed E-state index contributed by atoms with van der Waals surface area (Å²) in [5.74, 6) is -2.41. The lowest BCUT2D eigenvalue weighted by atomic mass is 10.1. The molecule has 0 unspecified atom stereocenters. The zero-order valence-electron chi connectivity index (χ0n) is 16.9. The third-order valence-electron chi connectivity index (χ3n) is 4.40. The molecule has 2 aromatic rings. The number of benzene rings is 2. The lowest BCUT2D eigenvalue weighted by Crippen LogP contribution is -2.28. The van der Waals surface area contributed by atoms with Crippen molar-refractivity contribution in [1.29, 1.82) is 0 Å². The maximum atomic E-state index is 12.0. The molecule has 0 saturated heterocycles. The highest BCUT2D eigenvalue weighted by Gasteiger charge is 2.14. The standard InChI is InChI=1S/C21H27N3O6.ClH/c25-16-8-3-6-14(18(16)27)20(29)23-12-2-1-10-22-11-5-13-24-21(30)15-7-4-9-17(26)19(15)28;/h3-4,6-9,22,25-28H,1-2,5,10-13H2,(H,23,29)(H,24,30);1H. The monoisotopic (exact) mass is 453 g/mol. The summed E-state index contributed by atoms with van der Waals surface area (Å²) >= 11 is 0. The highest BCUT2D eigenvalue weighted by molar-refractivity contribution is 5.98. The van der Waals surface area contributed by atoms with Crippen LogP contribution in [0, 0.1) is 0 Å². The van der Waals surface area contributed by atoms with E-state index in [9.17, 15) is 30.0 Å². The molecule has 0 aliphatic carbocycles. The number of rotatable bonds is 11. The Morgan fingerprint density at radius 1 is 0.645 bits per heavy atom. The lowest BCUT2D eigenvalue weighted by Gasteiger charge is -2.09. The summed E-state index contributed by atoms with van der Waals surface area (Å²) in [4.78, 5) is 23.9. The normalized spacial score (nSPS) is 10.2. The highest BCUT2D eigenvalue weighted by atomic mass is 35.5. The quantitative estimate of drug-likeness (QED) is 0.202. The Morgan fingerprint density at radius 3 is 1.58 bits per heavy atom. The van der Waals surface area contributed by atoms with Crippen molar-refractivity contribution in [3.05, 3.63) is 47.5 Å². The van der Waals surface area contributed by atoms with Crippen LogP contribution in [0.3, 0.4) is 0 Å². The number of nitrogens with one attached hydrogen (secondary N) is 3. The Balaban J connectivity index is 0.00000480. The zero-order chi connectivity index (χ0) is 21.9. The number of carbonyl (C=O) groups is 2. The molecule has 0 radical (unpaired) electrons. The average Bonchev–Trinajstić information content (AvgIpc) is 2.73. The Hall–Kier alpha value is -3.17. The molecule has 0 atom stereocenters. The molecule has 9 nitrogen and oxygen atoms in total. The minimum atomic E-state index is -0.447. The first-order valence-corrected chi connectivity index (χ1v) is 9.70. The summed E-state index contributed by atoms with van der Waals surface area (Å²) < 4.78 is 0. The predicted molar refractivity (Wildman–Crippen MR) is 118 cm³/mol. The smallest absolute Gasteiger partial charge is 0.255 e. The fourth-order valence-electron chi connectivity index (χ4n) is 2.74. The summed E-state index contributed by atoms with van der Waals surface area (Å²) in [6.45, 7) is 2.30. The fourth-order valence-corrected chi connectivity index (χ4v) is 2.74. The van der Waals surface area contributed by atoms with Gasteiger partial charge in [0.05, 0.1) is 11.1 Å². The van der Waals surface area contributed by atoms with Crippen LogP contribution in [0.25, 0.3) is 0 Å². The zero-order valence-corrected chi connectivity index (χ0v) is 17.7. The van der Waals surface area contributed by atoms with E-state index < -0.39 is 23.3 Å². The number of hydrogen-bond donors (Lipinski definition) is 7. The van der Waals surface area contributed by atoms with Crippen LogP contribution in [0.15, 0.2) is 36.4 Å². The number of hydrogen-bond acceptors (Lipinski definition) is 7. The average molecular weight is 454 g/mol. The molecule has 0 bridgehead atoms. The Labute approximate surface area is 186 Å². The van der Waals surface area contributed by atoms with Gasteiger partial charge in [-0.1, -0.05) is 12.1 Å². The van der Waals surface area contributed by atoms with Crippen LogP contribution >= 0.6 is 12.4 Å². The van der Waals surface area contributed by atoms with Gasteiger partial charge in [0.15, 0.2) is 23.0 Å². The van der Waals surface area contributed by atoms with E-state index in [0.717, 1.165) is 19.4 Å². The maximum Gasteiger partial charge on any atom is 0.255 e. The van der Waals surface area contributed by atoms with Gasteiger partial charge in [0.25, 0.3) is 11.8 Å². The molecule has 0 spiro atoms. The third kappa shape index (κ3) is 7.88. The summed E-state index contributed by atoms with van der Waals surface area (Å²) in [5.41, 5.74) is 0.0678. The van der Waals surface area contributed by atoms with Gasteiger partial charge in [0.2, 0.25) is 0 Å². The van der Waals surface area contributed by atoms with Crippen molar-refractivity contribution >= 4 is 24.2 Å². The molecule has 0 saturated carbocycles. The van der Waals surface area contributed by atoms with Crippen molar-refractivity contribution in [2.24, 2.45) is 0 Å². The number of halogens is 1. The molecule has 0 fully saturated rings. The van der Waals surface area contributed by atoms with Crippen molar-refractivity contribution < 1.29 is 30.0 Å². The van der Waals surface area contributed by atoms with Crippen molar-refractivity contribution in [3.63, 3.8) is 0 Å². The Morgan fingerprint density at radius 2 is 1.06 bits per heavy atom. The second-order valence-corrected chi connectivity index (χ2v) is 6.67. The van der Waals surface area contributed by atoms with Gasteiger partial charge in [0.1, 0.15) is 0 Å². The SMILES string of the molecule is Cl.O=C(NCCCCNCCCNC(=O)c1cccc(O)c1O)c1cccc(O)c1O. The first kappa shape index (κ1) is 25.9. The number of para-hydroxylation sites is 2. The van der Waals surface area contributed by atoms with Gasteiger partial charge in [-0.25, -0.2) is 0 Å². The fraction of sp³-hybridized carbons (Fsp3) is 0.333. The summed E-state index contributed by atoms with van der Waals surface area (Å²) in [7, 11) is 0. The van der Waals surface area contributed by atoms with Gasteiger partial charge in [-0.05, 0) is 56.6 Å². The molecular weight excluding hydrogens is 426 g/mol. The minimum Gasteiger partial charge on any atom is -0.504 e. The molecule has 31 heavy (non-hydrogen) atoms. The predicted octanol–water partition coefficient (Wildman–Crippen LogP) is 1.85. The number of phenolic OH excluding ortho intramolecular Hbond substituents is 4. The molecule has 7 N–H and O–H groups in total. The van der Waals surface area contributed by atoms with E-state index in [1.165, 1.54) is 36.4 Å². The van der Waals surface area contributed by atoms with Crippen molar-refractivity contribution in [3.8, 4) is 23.0 Å². The van der Waals surface area contributed by atoms with E-state index in [0.29, 0.717) is 26.1 Å². The minimum absolute atomic E-state index is 0. The molecular formula is C21H28ClN3O6. The van der Waals surface area contributed by atoms with Gasteiger partial charge < -0.3 is 36.4 Å². The second kappa shape index (κ2) is 13.2. The van der Waals surface area contributed by atoms with E-state index in [1.54, 1.807) is 0 Å². The van der Waals surface area contributed by atoms with Crippen molar-refractivity contribution in [2.45, 2.75) is 19.3 Å². The van der Waals surface area contributed by atoms with Crippen LogP contribution in [0.4, 0.5) is 0 Å². The number of aromatic hydroxyl groups is 4. The number of amides is 2. The number of carbonyl (C=O) groups excluding carboxylic acids is 2. The van der Waals surface area contributed by atoms with Crippen molar-refractivity contribution in [2.75, 3.05) is 26.2 Å². The van der Waals surface area contributed by atoms with E-state index in [2.05, 4.69) is 16.0 Å². The van der Waals surface area contributed by atoms with E-state index in [1.807, 2.05) is 0 Å². The van der Waals surface area contributed by atoms with Crippen LogP contribution in [-0.2, 0) is 0 Å². The molecule has 2 amide bonds. The molecule has 10 heteroatoms. The Kier molecular flexibility index (Phi) is 11.0. The van der Waals surface area contributed by atoms with Crippen LogP contribution in [0.1, 0.15) is 40.0 Å². The molecule has 2 rings (SSSR count). The van der Waals surface area contributed by atoms with Crippen LogP contribution in [0.5, 0.6) is 23.0 Å². The molecule has 0 heterocycles. The topological polar surface area (TPSA) is 151 Å². The molecule has 0 aliphatic heterocycles. The largest absolute Gasteiger partial charge is 0.504 e. The van der Waals surface area contributed by atoms with Crippen LogP contribution in [-0.4, -0.2) is 58.4 Å². The summed E-state index contributed by atoms with van der Waals surface area (Å²) in [6.07, 6.45) is 2.26. The first-order valence-electron chi connectivity index (χ1n) is 9.70.